The van der Waals surface area contributed by atoms with E-state index in [-0.39, 0.29) is 19.1 Å². The van der Waals surface area contributed by atoms with Crippen LogP contribution in [-0.4, -0.2) is 97.6 Å². The Hall–Kier alpha value is -5.01. The van der Waals surface area contributed by atoms with Gasteiger partial charge in [-0.15, -0.1) is 0 Å². The average Bonchev–Trinajstić information content (AvgIpc) is 4.03. The minimum absolute atomic E-state index is 0.201. The number of aliphatic hydroxyl groups is 1. The number of thiophene rings is 2. The maximum Gasteiger partial charge on any atom is 0.325 e. The van der Waals surface area contributed by atoms with Crippen LogP contribution in [0.4, 0.5) is 0 Å². The molecule has 0 aliphatic carbocycles. The zero-order valence-corrected chi connectivity index (χ0v) is 39.5. The number of likely N-dealkylation sites (N-methyl/N-ethyl adjacent to an activating group) is 2. The molecule has 2 aromatic heterocycles. The van der Waals surface area contributed by atoms with Crippen LogP contribution in [0.25, 0.3) is 22.3 Å². The first-order valence-corrected chi connectivity index (χ1v) is 23.1. The number of ether oxygens (including phenoxy) is 4. The summed E-state index contributed by atoms with van der Waals surface area (Å²) < 4.78 is 24.5. The molecule has 17 heteroatoms. The molecule has 0 aliphatic heterocycles. The van der Waals surface area contributed by atoms with E-state index in [1.54, 1.807) is 64.2 Å². The monoisotopic (exact) mass is 921 g/mol. The van der Waals surface area contributed by atoms with Crippen molar-refractivity contribution in [2.75, 3.05) is 14.1 Å². The molecule has 348 valence electrons. The second-order valence-electron chi connectivity index (χ2n) is 16.4. The van der Waals surface area contributed by atoms with E-state index in [1.165, 1.54) is 21.0 Å². The number of hydrogen-bond donors (Lipinski definition) is 6. The van der Waals surface area contributed by atoms with Gasteiger partial charge in [-0.25, -0.2) is 0 Å². The summed E-state index contributed by atoms with van der Waals surface area (Å²) in [6.45, 7) is 11.4. The Balaban J connectivity index is 1.80. The van der Waals surface area contributed by atoms with Crippen molar-refractivity contribution in [3.63, 3.8) is 0 Å². The lowest BCUT2D eigenvalue weighted by atomic mass is 9.97. The number of nitrogens with one attached hydrogen (secondary N) is 4. The van der Waals surface area contributed by atoms with Gasteiger partial charge in [-0.05, 0) is 91.7 Å². The molecular formula is C47H63N5O10S2. The van der Waals surface area contributed by atoms with Crippen molar-refractivity contribution in [1.82, 2.24) is 21.3 Å². The first kappa shape index (κ1) is 51.6. The second-order valence-corrected chi connectivity index (χ2v) is 18.0. The fourth-order valence-corrected chi connectivity index (χ4v) is 7.91. The van der Waals surface area contributed by atoms with E-state index in [0.29, 0.717) is 11.1 Å². The zero-order valence-electron chi connectivity index (χ0n) is 37.9. The summed E-state index contributed by atoms with van der Waals surface area (Å²) in [4.78, 5) is 68.3. The summed E-state index contributed by atoms with van der Waals surface area (Å²) in [5.74, 6) is -4.68. The molecular weight excluding hydrogens is 859 g/mol. The Bertz CT molecular complexity index is 2080. The average molecular weight is 922 g/mol. The molecule has 0 bridgehead atoms. The summed E-state index contributed by atoms with van der Waals surface area (Å²) in [6.07, 6.45) is -8.94. The van der Waals surface area contributed by atoms with Gasteiger partial charge in [-0.2, -0.15) is 22.7 Å². The molecule has 0 saturated heterocycles. The maximum absolute atomic E-state index is 14.6. The Morgan fingerprint density at radius 1 is 0.594 bits per heavy atom. The number of carbonyl (C=O) groups excluding carboxylic acids is 5. The van der Waals surface area contributed by atoms with Crippen molar-refractivity contribution in [3.8, 4) is 22.3 Å². The van der Waals surface area contributed by atoms with Crippen molar-refractivity contribution in [3.05, 3.63) is 93.3 Å². The fourth-order valence-electron chi connectivity index (χ4n) is 6.58. The number of amides is 4. The number of hydrogen-bond acceptors (Lipinski definition) is 13. The van der Waals surface area contributed by atoms with Gasteiger partial charge >= 0.3 is 5.97 Å². The van der Waals surface area contributed by atoms with Crippen LogP contribution in [0.5, 0.6) is 0 Å². The molecule has 8 atom stereocenters. The summed E-state index contributed by atoms with van der Waals surface area (Å²) in [5, 5.41) is 31.1. The molecule has 0 spiro atoms. The van der Waals surface area contributed by atoms with E-state index in [1.807, 2.05) is 82.2 Å². The standard InChI is InChI=1S/C47H63N5O10S2/c1-26(2)36(48)47(58)62-29(7)61-40(42(46(57)52-38(28(5)6)44(55)50-9)60-23-31-12-16-33(17-13-31)35-19-21-64-25-35)39(53)41(45(56)51-37(27(3)4)43(54)49-8)59-22-30-10-14-32(15-11-30)34-18-20-63-24-34/h10-21,24-29,36-42,53H,22-23,48H2,1-9H3,(H,49,54)(H,50,55)(H,51,56)(H,52,57)/t29?,36-,37-,38-,39+,40+,41+,42+/m0/s1. The highest BCUT2D eigenvalue weighted by Gasteiger charge is 2.45. The van der Waals surface area contributed by atoms with Crippen LogP contribution < -0.4 is 27.0 Å². The molecule has 0 aliphatic rings. The van der Waals surface area contributed by atoms with E-state index in [2.05, 4.69) is 21.3 Å². The number of rotatable bonds is 24. The van der Waals surface area contributed by atoms with Crippen molar-refractivity contribution in [2.24, 2.45) is 23.5 Å². The van der Waals surface area contributed by atoms with Gasteiger partial charge in [0.25, 0.3) is 11.8 Å². The normalized spacial score (nSPS) is 15.3. The van der Waals surface area contributed by atoms with Gasteiger partial charge in [0.2, 0.25) is 18.1 Å². The van der Waals surface area contributed by atoms with Crippen LogP contribution in [-0.2, 0) is 56.1 Å². The first-order valence-electron chi connectivity index (χ1n) is 21.2. The first-order chi connectivity index (χ1) is 30.4. The van der Waals surface area contributed by atoms with E-state index in [0.717, 1.165) is 22.3 Å². The summed E-state index contributed by atoms with van der Waals surface area (Å²) >= 11 is 3.13. The Morgan fingerprint density at radius 3 is 1.39 bits per heavy atom. The molecule has 2 aromatic carbocycles. The third kappa shape index (κ3) is 14.5. The fraction of sp³-hybridized carbons (Fsp3) is 0.468. The number of aliphatic hydroxyl groups excluding tert-OH is 1. The molecule has 4 aromatic rings. The number of carbonyl (C=O) groups is 5. The molecule has 0 fully saturated rings. The molecule has 15 nitrogen and oxygen atoms in total. The molecule has 1 unspecified atom stereocenters. The molecule has 64 heavy (non-hydrogen) atoms. The van der Waals surface area contributed by atoms with Crippen LogP contribution in [0.3, 0.4) is 0 Å². The lowest BCUT2D eigenvalue weighted by molar-refractivity contribution is -0.229. The van der Waals surface area contributed by atoms with Crippen LogP contribution in [0, 0.1) is 17.8 Å². The minimum atomic E-state index is -2.04. The van der Waals surface area contributed by atoms with Gasteiger partial charge in [-0.3, -0.25) is 24.0 Å². The van der Waals surface area contributed by atoms with Gasteiger partial charge in [0.1, 0.15) is 30.3 Å². The largest absolute Gasteiger partial charge is 0.435 e. The molecule has 0 radical (unpaired) electrons. The van der Waals surface area contributed by atoms with E-state index in [4.69, 9.17) is 24.7 Å². The van der Waals surface area contributed by atoms with Crippen LogP contribution >= 0.6 is 22.7 Å². The second kappa shape index (κ2) is 24.9. The number of nitrogens with two attached hydrogens (primary N) is 1. The predicted octanol–water partition coefficient (Wildman–Crippen LogP) is 5.01. The third-order valence-electron chi connectivity index (χ3n) is 10.5. The number of benzene rings is 2. The zero-order chi connectivity index (χ0) is 47.1. The molecule has 4 amide bonds. The summed E-state index contributed by atoms with van der Waals surface area (Å²) in [7, 11) is 2.87. The highest BCUT2D eigenvalue weighted by atomic mass is 32.1. The van der Waals surface area contributed by atoms with Crippen molar-refractivity contribution in [2.45, 2.75) is 111 Å². The van der Waals surface area contributed by atoms with Gasteiger partial charge < -0.3 is 51.1 Å². The SMILES string of the molecule is CNC(=O)[C@@H](NC(=O)[C@H](OCc1ccc(-c2ccsc2)cc1)[C@H](O)[C@@H](OC(C)OC(=O)[C@@H](N)C(C)C)[C@@H](OCc1ccc(-c2ccsc2)cc1)C(=O)N[C@H](C(=O)NC)C(C)C)C(C)C. The lowest BCUT2D eigenvalue weighted by Crippen LogP contribution is -2.61. The smallest absolute Gasteiger partial charge is 0.325 e. The lowest BCUT2D eigenvalue weighted by Gasteiger charge is -2.36. The van der Waals surface area contributed by atoms with Gasteiger partial charge in [0.15, 0.2) is 12.2 Å². The minimum Gasteiger partial charge on any atom is -0.435 e. The predicted molar refractivity (Wildman–Crippen MR) is 248 cm³/mol. The van der Waals surface area contributed by atoms with E-state index >= 15 is 0 Å². The maximum atomic E-state index is 14.6. The summed E-state index contributed by atoms with van der Waals surface area (Å²) in [5.41, 5.74) is 11.4. The van der Waals surface area contributed by atoms with Gasteiger partial charge in [-0.1, -0.05) is 90.1 Å². The van der Waals surface area contributed by atoms with Gasteiger partial charge in [0, 0.05) is 14.1 Å². The van der Waals surface area contributed by atoms with Crippen molar-refractivity contribution in [1.29, 1.82) is 0 Å². The van der Waals surface area contributed by atoms with Gasteiger partial charge in [0.05, 0.1) is 13.2 Å². The summed E-state index contributed by atoms with van der Waals surface area (Å²) in [6, 6.07) is 15.7. The Morgan fingerprint density at radius 2 is 1.02 bits per heavy atom. The highest BCUT2D eigenvalue weighted by Crippen LogP contribution is 2.26. The Labute approximate surface area is 383 Å². The topological polar surface area (TPSA) is 217 Å². The van der Waals surface area contributed by atoms with Crippen molar-refractivity contribution < 1.29 is 48.0 Å². The highest BCUT2D eigenvalue weighted by molar-refractivity contribution is 7.08. The molecule has 0 saturated carbocycles. The Kier molecular flexibility index (Phi) is 20.1. The van der Waals surface area contributed by atoms with E-state index in [9.17, 15) is 29.1 Å². The number of esters is 1. The van der Waals surface area contributed by atoms with Crippen LogP contribution in [0.2, 0.25) is 0 Å². The van der Waals surface area contributed by atoms with E-state index < -0.39 is 90.3 Å². The molecule has 2 heterocycles. The van der Waals surface area contributed by atoms with Crippen LogP contribution in [0.15, 0.2) is 82.2 Å². The quantitative estimate of drug-likeness (QED) is 0.0406. The van der Waals surface area contributed by atoms with Crippen molar-refractivity contribution >= 4 is 52.3 Å². The molecule has 4 rings (SSSR count). The third-order valence-corrected chi connectivity index (χ3v) is 11.9. The van der Waals surface area contributed by atoms with Crippen LogP contribution in [0.1, 0.15) is 59.6 Å². The molecule has 7 N–H and O–H groups in total.